The van der Waals surface area contributed by atoms with Crippen LogP contribution in [0.25, 0.3) is 0 Å². The predicted molar refractivity (Wildman–Crippen MR) is 83.8 cm³/mol. The van der Waals surface area contributed by atoms with Gasteiger partial charge >= 0.3 is 5.97 Å². The van der Waals surface area contributed by atoms with Crippen molar-refractivity contribution in [3.05, 3.63) is 29.3 Å². The van der Waals surface area contributed by atoms with Crippen LogP contribution in [-0.2, 0) is 4.79 Å². The number of hydrogen-bond donors (Lipinski definition) is 1. The van der Waals surface area contributed by atoms with Gasteiger partial charge in [0.1, 0.15) is 6.04 Å². The van der Waals surface area contributed by atoms with E-state index in [2.05, 4.69) is 0 Å². The van der Waals surface area contributed by atoms with Gasteiger partial charge in [0.25, 0.3) is 5.91 Å². The van der Waals surface area contributed by atoms with Crippen molar-refractivity contribution in [2.45, 2.75) is 37.6 Å². The molecule has 5 heteroatoms. The molecular formula is C16H21NO3S. The van der Waals surface area contributed by atoms with Crippen LogP contribution < -0.4 is 0 Å². The summed E-state index contributed by atoms with van der Waals surface area (Å²) in [6, 6.07) is 5.04. The summed E-state index contributed by atoms with van der Waals surface area (Å²) < 4.78 is 0. The van der Waals surface area contributed by atoms with Gasteiger partial charge in [-0.15, -0.1) is 11.8 Å². The molecule has 0 aromatic heterocycles. The lowest BCUT2D eigenvalue weighted by atomic mass is 9.90. The molecule has 21 heavy (non-hydrogen) atoms. The Kier molecular flexibility index (Phi) is 4.93. The zero-order valence-corrected chi connectivity index (χ0v) is 13.4. The Bertz CT molecular complexity index is 558. The zero-order chi connectivity index (χ0) is 15.6. The van der Waals surface area contributed by atoms with Gasteiger partial charge in [-0.2, -0.15) is 0 Å². The fraction of sp³-hybridized carbons (Fsp3) is 0.500. The van der Waals surface area contributed by atoms with E-state index in [0.29, 0.717) is 12.1 Å². The van der Waals surface area contributed by atoms with Crippen molar-refractivity contribution < 1.29 is 14.7 Å². The third kappa shape index (κ3) is 3.23. The van der Waals surface area contributed by atoms with Crippen molar-refractivity contribution in [1.29, 1.82) is 0 Å². The van der Waals surface area contributed by atoms with Crippen LogP contribution in [0.4, 0.5) is 0 Å². The largest absolute Gasteiger partial charge is 0.480 e. The van der Waals surface area contributed by atoms with E-state index < -0.39 is 12.0 Å². The van der Waals surface area contributed by atoms with Gasteiger partial charge < -0.3 is 10.0 Å². The number of carbonyl (C=O) groups is 2. The average Bonchev–Trinajstić information content (AvgIpc) is 2.46. The summed E-state index contributed by atoms with van der Waals surface area (Å²) in [5.41, 5.74) is 1.50. The van der Waals surface area contributed by atoms with Gasteiger partial charge in [-0.1, -0.05) is 13.0 Å². The Morgan fingerprint density at radius 1 is 1.38 bits per heavy atom. The minimum absolute atomic E-state index is 0.00996. The number of benzene rings is 1. The minimum Gasteiger partial charge on any atom is -0.480 e. The van der Waals surface area contributed by atoms with Crippen molar-refractivity contribution >= 4 is 23.6 Å². The zero-order valence-electron chi connectivity index (χ0n) is 12.6. The van der Waals surface area contributed by atoms with E-state index in [9.17, 15) is 14.7 Å². The molecule has 1 saturated heterocycles. The van der Waals surface area contributed by atoms with E-state index in [1.165, 1.54) is 4.90 Å². The number of piperidine rings is 1. The Hall–Kier alpha value is -1.49. The van der Waals surface area contributed by atoms with Crippen molar-refractivity contribution in [2.75, 3.05) is 12.8 Å². The molecule has 1 heterocycles. The molecular weight excluding hydrogens is 286 g/mol. The predicted octanol–water partition coefficient (Wildman–Crippen LogP) is 3.04. The first-order valence-corrected chi connectivity index (χ1v) is 8.36. The normalized spacial score (nSPS) is 22.1. The van der Waals surface area contributed by atoms with Crippen molar-refractivity contribution in [3.8, 4) is 0 Å². The van der Waals surface area contributed by atoms with Crippen LogP contribution in [0.15, 0.2) is 23.1 Å². The average molecular weight is 307 g/mol. The molecule has 114 valence electrons. The maximum absolute atomic E-state index is 12.8. The first-order chi connectivity index (χ1) is 9.95. The van der Waals surface area contributed by atoms with Gasteiger partial charge in [-0.25, -0.2) is 4.79 Å². The first kappa shape index (κ1) is 15.9. The summed E-state index contributed by atoms with van der Waals surface area (Å²) in [5, 5.41) is 9.45. The van der Waals surface area contributed by atoms with Crippen LogP contribution in [0.1, 0.15) is 35.7 Å². The van der Waals surface area contributed by atoms with E-state index in [4.69, 9.17) is 0 Å². The fourth-order valence-corrected chi connectivity index (χ4v) is 3.35. The lowest BCUT2D eigenvalue weighted by molar-refractivity contribution is -0.145. The molecule has 1 amide bonds. The Morgan fingerprint density at radius 2 is 2.10 bits per heavy atom. The van der Waals surface area contributed by atoms with Crippen LogP contribution >= 0.6 is 11.8 Å². The number of nitrogens with zero attached hydrogens (tertiary/aromatic N) is 1. The van der Waals surface area contributed by atoms with Crippen LogP contribution in [0.2, 0.25) is 0 Å². The third-order valence-electron chi connectivity index (χ3n) is 4.12. The molecule has 4 nitrogen and oxygen atoms in total. The van der Waals surface area contributed by atoms with Gasteiger partial charge in [0, 0.05) is 17.0 Å². The SMILES string of the molecule is CSc1ccc(C)c(C(=O)N2CCCC(C)C2C(=O)O)c1. The lowest BCUT2D eigenvalue weighted by Crippen LogP contribution is -2.52. The quantitative estimate of drug-likeness (QED) is 0.872. The summed E-state index contributed by atoms with van der Waals surface area (Å²) in [6.07, 6.45) is 3.67. The van der Waals surface area contributed by atoms with Gasteiger partial charge in [-0.3, -0.25) is 4.79 Å². The second-order valence-corrected chi connectivity index (χ2v) is 6.46. The number of carboxylic acids is 1. The van der Waals surface area contributed by atoms with Crippen LogP contribution in [0.5, 0.6) is 0 Å². The Balaban J connectivity index is 2.35. The van der Waals surface area contributed by atoms with E-state index >= 15 is 0 Å². The molecule has 0 radical (unpaired) electrons. The number of thioether (sulfide) groups is 1. The van der Waals surface area contributed by atoms with E-state index in [-0.39, 0.29) is 11.8 Å². The topological polar surface area (TPSA) is 57.6 Å². The van der Waals surface area contributed by atoms with Crippen molar-refractivity contribution in [3.63, 3.8) is 0 Å². The summed E-state index contributed by atoms with van der Waals surface area (Å²) >= 11 is 1.58. The maximum atomic E-state index is 12.8. The highest BCUT2D eigenvalue weighted by molar-refractivity contribution is 7.98. The number of rotatable bonds is 3. The number of aryl methyl sites for hydroxylation is 1. The van der Waals surface area contributed by atoms with Gasteiger partial charge in [0.2, 0.25) is 0 Å². The number of aliphatic carboxylic acids is 1. The monoisotopic (exact) mass is 307 g/mol. The molecule has 2 atom stereocenters. The van der Waals surface area contributed by atoms with Gasteiger partial charge in [-0.05, 0) is 49.6 Å². The molecule has 1 aromatic rings. The van der Waals surface area contributed by atoms with Crippen LogP contribution in [0.3, 0.4) is 0 Å². The van der Waals surface area contributed by atoms with Gasteiger partial charge in [0.15, 0.2) is 0 Å². The molecule has 2 unspecified atom stereocenters. The Morgan fingerprint density at radius 3 is 2.71 bits per heavy atom. The summed E-state index contributed by atoms with van der Waals surface area (Å²) in [6.45, 7) is 4.31. The van der Waals surface area contributed by atoms with E-state index in [0.717, 1.165) is 23.3 Å². The number of carboxylic acid groups (broad SMARTS) is 1. The highest BCUT2D eigenvalue weighted by Gasteiger charge is 2.37. The van der Waals surface area contributed by atoms with E-state index in [1.54, 1.807) is 11.8 Å². The first-order valence-electron chi connectivity index (χ1n) is 7.14. The molecule has 1 aromatic carbocycles. The molecule has 2 rings (SSSR count). The summed E-state index contributed by atoms with van der Waals surface area (Å²) in [4.78, 5) is 26.9. The molecule has 1 fully saturated rings. The molecule has 1 aliphatic rings. The number of hydrogen-bond acceptors (Lipinski definition) is 3. The molecule has 0 bridgehead atoms. The molecule has 0 saturated carbocycles. The molecule has 0 aliphatic carbocycles. The number of carbonyl (C=O) groups excluding carboxylic acids is 1. The Labute approximate surface area is 129 Å². The molecule has 1 N–H and O–H groups in total. The van der Waals surface area contributed by atoms with Crippen LogP contribution in [-0.4, -0.2) is 40.7 Å². The third-order valence-corrected chi connectivity index (χ3v) is 4.85. The smallest absolute Gasteiger partial charge is 0.326 e. The molecule has 0 spiro atoms. The van der Waals surface area contributed by atoms with Gasteiger partial charge in [0.05, 0.1) is 0 Å². The fourth-order valence-electron chi connectivity index (χ4n) is 2.91. The maximum Gasteiger partial charge on any atom is 0.326 e. The minimum atomic E-state index is -0.908. The summed E-state index contributed by atoms with van der Waals surface area (Å²) in [5.74, 6) is -1.08. The highest BCUT2D eigenvalue weighted by Crippen LogP contribution is 2.27. The standard InChI is InChI=1S/C16H21NO3S/c1-10-6-7-12(21-3)9-13(10)15(18)17-8-4-5-11(2)14(17)16(19)20/h6-7,9,11,14H,4-5,8H2,1-3H3,(H,19,20). The van der Waals surface area contributed by atoms with Crippen molar-refractivity contribution in [2.24, 2.45) is 5.92 Å². The number of amides is 1. The van der Waals surface area contributed by atoms with Crippen LogP contribution in [0, 0.1) is 12.8 Å². The highest BCUT2D eigenvalue weighted by atomic mass is 32.2. The lowest BCUT2D eigenvalue weighted by Gasteiger charge is -2.37. The second-order valence-electron chi connectivity index (χ2n) is 5.58. The van der Waals surface area contributed by atoms with E-state index in [1.807, 2.05) is 38.3 Å². The molecule has 1 aliphatic heterocycles. The van der Waals surface area contributed by atoms with Crippen molar-refractivity contribution in [1.82, 2.24) is 4.90 Å². The summed E-state index contributed by atoms with van der Waals surface area (Å²) in [7, 11) is 0. The second kappa shape index (κ2) is 6.52. The number of likely N-dealkylation sites (tertiary alicyclic amines) is 1.